The van der Waals surface area contributed by atoms with Gasteiger partial charge in [-0.15, -0.1) is 0 Å². The minimum absolute atomic E-state index is 0.0446. The highest BCUT2D eigenvalue weighted by atomic mass is 16.2. The number of piperazine rings is 1. The molecule has 0 aromatic rings. The highest BCUT2D eigenvalue weighted by Gasteiger charge is 2.41. The third-order valence-electron chi connectivity index (χ3n) is 4.68. The summed E-state index contributed by atoms with van der Waals surface area (Å²) in [6.07, 6.45) is 6.65. The second kappa shape index (κ2) is 6.59. The Bertz CT molecular complexity index is 361. The van der Waals surface area contributed by atoms with Gasteiger partial charge in [0.1, 0.15) is 12.1 Å². The second-order valence-corrected chi connectivity index (χ2v) is 6.68. The first-order chi connectivity index (χ1) is 9.54. The zero-order valence-corrected chi connectivity index (χ0v) is 13.0. The molecule has 2 fully saturated rings. The fourth-order valence-electron chi connectivity index (χ4n) is 3.49. The lowest BCUT2D eigenvalue weighted by molar-refractivity contribution is -0.151. The van der Waals surface area contributed by atoms with Crippen LogP contribution >= 0.6 is 0 Å². The van der Waals surface area contributed by atoms with Gasteiger partial charge in [-0.25, -0.2) is 0 Å². The molecule has 0 spiro atoms. The van der Waals surface area contributed by atoms with Crippen LogP contribution in [0.5, 0.6) is 0 Å². The molecule has 1 aliphatic heterocycles. The maximum absolute atomic E-state index is 12.7. The predicted molar refractivity (Wildman–Crippen MR) is 79.1 cm³/mol. The maximum atomic E-state index is 12.7. The summed E-state index contributed by atoms with van der Waals surface area (Å²) in [5, 5.41) is 2.93. The Labute approximate surface area is 122 Å². The molecular weight excluding hydrogens is 252 g/mol. The van der Waals surface area contributed by atoms with Crippen molar-refractivity contribution in [2.24, 2.45) is 11.8 Å². The molecule has 0 bridgehead atoms. The molecule has 2 amide bonds. The maximum Gasteiger partial charge on any atom is 0.246 e. The van der Waals surface area contributed by atoms with Crippen molar-refractivity contribution in [3.05, 3.63) is 0 Å². The van der Waals surface area contributed by atoms with Crippen molar-refractivity contribution in [2.45, 2.75) is 71.4 Å². The Kier molecular flexibility index (Phi) is 5.06. The monoisotopic (exact) mass is 280 g/mol. The van der Waals surface area contributed by atoms with E-state index in [1.54, 1.807) is 0 Å². The van der Waals surface area contributed by atoms with Crippen molar-refractivity contribution in [3.63, 3.8) is 0 Å². The van der Waals surface area contributed by atoms with Gasteiger partial charge in [-0.3, -0.25) is 9.59 Å². The molecule has 1 saturated heterocycles. The van der Waals surface area contributed by atoms with Crippen LogP contribution in [0, 0.1) is 11.8 Å². The number of nitrogens with one attached hydrogen (secondary N) is 1. The van der Waals surface area contributed by atoms with E-state index in [0.717, 1.165) is 19.4 Å². The molecule has 2 atom stereocenters. The lowest BCUT2D eigenvalue weighted by atomic mass is 9.94. The number of carbonyl (C=O) groups excluding carboxylic acids is 2. The molecule has 2 unspecified atom stereocenters. The number of hydrogen-bond acceptors (Lipinski definition) is 2. The van der Waals surface area contributed by atoms with E-state index >= 15 is 0 Å². The largest absolute Gasteiger partial charge is 0.342 e. The van der Waals surface area contributed by atoms with E-state index in [1.165, 1.54) is 25.7 Å². The summed E-state index contributed by atoms with van der Waals surface area (Å²) >= 11 is 0. The minimum Gasteiger partial charge on any atom is -0.342 e. The molecule has 1 heterocycles. The van der Waals surface area contributed by atoms with Crippen LogP contribution in [0.4, 0.5) is 0 Å². The Morgan fingerprint density at radius 2 is 1.90 bits per heavy atom. The van der Waals surface area contributed by atoms with Crippen molar-refractivity contribution in [1.29, 1.82) is 0 Å². The molecule has 114 valence electrons. The molecular formula is C16H28N2O2. The van der Waals surface area contributed by atoms with Crippen LogP contribution in [0.2, 0.25) is 0 Å². The number of amides is 2. The fraction of sp³-hybridized carbons (Fsp3) is 0.875. The summed E-state index contributed by atoms with van der Waals surface area (Å²) in [7, 11) is 0. The molecule has 20 heavy (non-hydrogen) atoms. The van der Waals surface area contributed by atoms with E-state index < -0.39 is 0 Å². The molecule has 4 heteroatoms. The van der Waals surface area contributed by atoms with Gasteiger partial charge < -0.3 is 10.2 Å². The Hall–Kier alpha value is -1.06. The van der Waals surface area contributed by atoms with Crippen LogP contribution in [-0.2, 0) is 9.59 Å². The van der Waals surface area contributed by atoms with Crippen molar-refractivity contribution in [2.75, 3.05) is 6.54 Å². The Balaban J connectivity index is 2.14. The van der Waals surface area contributed by atoms with Gasteiger partial charge in [0.05, 0.1) is 0 Å². The standard InChI is InChI=1S/C16H28N2O2/c1-4-7-13-15(19)17-14(11(2)3)16(20)18(13)10-12-8-5-6-9-12/h11-14H,4-10H2,1-3H3,(H,17,19). The number of carbonyl (C=O) groups is 2. The van der Waals surface area contributed by atoms with Crippen LogP contribution in [0.3, 0.4) is 0 Å². The highest BCUT2D eigenvalue weighted by molar-refractivity contribution is 5.97. The summed E-state index contributed by atoms with van der Waals surface area (Å²) in [5.74, 6) is 0.921. The first-order valence-electron chi connectivity index (χ1n) is 8.15. The van der Waals surface area contributed by atoms with E-state index in [1.807, 2.05) is 18.7 Å². The van der Waals surface area contributed by atoms with Crippen molar-refractivity contribution >= 4 is 11.8 Å². The Morgan fingerprint density at radius 3 is 2.45 bits per heavy atom. The molecule has 1 aliphatic carbocycles. The van der Waals surface area contributed by atoms with Gasteiger partial charge in [0.2, 0.25) is 11.8 Å². The summed E-state index contributed by atoms with van der Waals surface area (Å²) in [5.41, 5.74) is 0. The normalized spacial score (nSPS) is 28.3. The molecule has 0 aromatic heterocycles. The van der Waals surface area contributed by atoms with Crippen molar-refractivity contribution in [3.8, 4) is 0 Å². The molecule has 2 rings (SSSR count). The highest BCUT2D eigenvalue weighted by Crippen LogP contribution is 2.28. The van der Waals surface area contributed by atoms with Crippen LogP contribution < -0.4 is 5.32 Å². The molecule has 1 N–H and O–H groups in total. The summed E-state index contributed by atoms with van der Waals surface area (Å²) in [6.45, 7) is 6.84. The minimum atomic E-state index is -0.336. The summed E-state index contributed by atoms with van der Waals surface area (Å²) in [4.78, 5) is 26.9. The molecule has 1 saturated carbocycles. The van der Waals surface area contributed by atoms with E-state index in [-0.39, 0.29) is 29.8 Å². The van der Waals surface area contributed by atoms with E-state index in [9.17, 15) is 9.59 Å². The second-order valence-electron chi connectivity index (χ2n) is 6.68. The van der Waals surface area contributed by atoms with Crippen LogP contribution in [-0.4, -0.2) is 35.3 Å². The quantitative estimate of drug-likeness (QED) is 0.840. The van der Waals surface area contributed by atoms with E-state index in [4.69, 9.17) is 0 Å². The van der Waals surface area contributed by atoms with Gasteiger partial charge in [-0.2, -0.15) is 0 Å². The van der Waals surface area contributed by atoms with Crippen molar-refractivity contribution in [1.82, 2.24) is 10.2 Å². The molecule has 4 nitrogen and oxygen atoms in total. The first-order valence-corrected chi connectivity index (χ1v) is 8.15. The zero-order chi connectivity index (χ0) is 14.7. The lowest BCUT2D eigenvalue weighted by Gasteiger charge is -2.41. The number of hydrogen-bond donors (Lipinski definition) is 1. The molecule has 2 aliphatic rings. The fourth-order valence-corrected chi connectivity index (χ4v) is 3.49. The van der Waals surface area contributed by atoms with Gasteiger partial charge >= 0.3 is 0 Å². The molecule has 0 radical (unpaired) electrons. The number of rotatable bonds is 5. The van der Waals surface area contributed by atoms with Gasteiger partial charge in [0.25, 0.3) is 0 Å². The van der Waals surface area contributed by atoms with Gasteiger partial charge in [0, 0.05) is 6.54 Å². The Morgan fingerprint density at radius 1 is 1.25 bits per heavy atom. The summed E-state index contributed by atoms with van der Waals surface area (Å²) in [6, 6.07) is -0.583. The topological polar surface area (TPSA) is 49.4 Å². The third kappa shape index (κ3) is 3.15. The van der Waals surface area contributed by atoms with Crippen LogP contribution in [0.25, 0.3) is 0 Å². The third-order valence-corrected chi connectivity index (χ3v) is 4.68. The smallest absolute Gasteiger partial charge is 0.246 e. The van der Waals surface area contributed by atoms with Crippen LogP contribution in [0.15, 0.2) is 0 Å². The molecule has 0 aromatic carbocycles. The van der Waals surface area contributed by atoms with E-state index in [0.29, 0.717) is 5.92 Å². The van der Waals surface area contributed by atoms with Crippen LogP contribution in [0.1, 0.15) is 59.3 Å². The van der Waals surface area contributed by atoms with Crippen molar-refractivity contribution < 1.29 is 9.59 Å². The zero-order valence-electron chi connectivity index (χ0n) is 13.0. The lowest BCUT2D eigenvalue weighted by Crippen LogP contribution is -2.65. The predicted octanol–water partition coefficient (Wildman–Crippen LogP) is 2.33. The summed E-state index contributed by atoms with van der Waals surface area (Å²) < 4.78 is 0. The SMILES string of the molecule is CCCC1C(=O)NC(C(C)C)C(=O)N1CC1CCCC1. The van der Waals surface area contributed by atoms with Gasteiger partial charge in [-0.05, 0) is 31.1 Å². The van der Waals surface area contributed by atoms with Gasteiger partial charge in [-0.1, -0.05) is 40.0 Å². The first kappa shape index (κ1) is 15.3. The van der Waals surface area contributed by atoms with E-state index in [2.05, 4.69) is 12.2 Å². The van der Waals surface area contributed by atoms with Gasteiger partial charge in [0.15, 0.2) is 0 Å². The average Bonchev–Trinajstić information content (AvgIpc) is 2.90. The average molecular weight is 280 g/mol. The number of nitrogens with zero attached hydrogens (tertiary/aromatic N) is 1.